The molecule has 136 valence electrons. The highest BCUT2D eigenvalue weighted by Crippen LogP contribution is 2.23. The van der Waals surface area contributed by atoms with Crippen molar-refractivity contribution in [2.75, 3.05) is 13.2 Å². The average Bonchev–Trinajstić information content (AvgIpc) is 3.01. The second-order valence-corrected chi connectivity index (χ2v) is 6.62. The molecular formula is C20H24N4O2. The summed E-state index contributed by atoms with van der Waals surface area (Å²) in [5, 5.41) is 8.28. The first-order valence-electron chi connectivity index (χ1n) is 8.77. The second-order valence-electron chi connectivity index (χ2n) is 6.62. The average molecular weight is 352 g/mol. The highest BCUT2D eigenvalue weighted by atomic mass is 16.5. The fourth-order valence-corrected chi connectivity index (χ4v) is 2.73. The minimum atomic E-state index is -0.151. The van der Waals surface area contributed by atoms with Crippen molar-refractivity contribution in [1.82, 2.24) is 20.1 Å². The molecule has 0 fully saturated rings. The third-order valence-corrected chi connectivity index (χ3v) is 4.19. The van der Waals surface area contributed by atoms with Crippen LogP contribution in [0.1, 0.15) is 41.6 Å². The van der Waals surface area contributed by atoms with Gasteiger partial charge in [0.2, 0.25) is 0 Å². The topological polar surface area (TPSA) is 69.0 Å². The number of hydrogen-bond donors (Lipinski definition) is 1. The van der Waals surface area contributed by atoms with E-state index in [-0.39, 0.29) is 11.8 Å². The van der Waals surface area contributed by atoms with Crippen LogP contribution < -0.4 is 10.1 Å². The van der Waals surface area contributed by atoms with Crippen LogP contribution in [0.2, 0.25) is 0 Å². The molecule has 1 amide bonds. The van der Waals surface area contributed by atoms with Crippen LogP contribution in [0.5, 0.6) is 5.75 Å². The van der Waals surface area contributed by atoms with Crippen molar-refractivity contribution < 1.29 is 9.53 Å². The molecule has 1 aromatic carbocycles. The molecule has 0 spiro atoms. The summed E-state index contributed by atoms with van der Waals surface area (Å²) in [5.74, 6) is 0.860. The maximum atomic E-state index is 12.3. The van der Waals surface area contributed by atoms with Gasteiger partial charge < -0.3 is 10.1 Å². The van der Waals surface area contributed by atoms with E-state index in [0.717, 1.165) is 28.0 Å². The first-order valence-corrected chi connectivity index (χ1v) is 8.77. The van der Waals surface area contributed by atoms with Crippen LogP contribution in [0.15, 0.2) is 36.4 Å². The second kappa shape index (κ2) is 7.56. The molecule has 0 unspecified atom stereocenters. The molecule has 3 aromatic rings. The SMILES string of the molecule is Cc1ccc2cccc(OCCNC(=O)c3cc(C(C)C)nn3C)c2n1. The molecule has 0 aliphatic carbocycles. The van der Waals surface area contributed by atoms with Gasteiger partial charge in [0.05, 0.1) is 12.2 Å². The predicted molar refractivity (Wildman–Crippen MR) is 102 cm³/mol. The summed E-state index contributed by atoms with van der Waals surface area (Å²) in [4.78, 5) is 16.9. The fourth-order valence-electron chi connectivity index (χ4n) is 2.73. The molecule has 0 aliphatic rings. The highest BCUT2D eigenvalue weighted by Gasteiger charge is 2.14. The molecule has 2 aromatic heterocycles. The Morgan fingerprint density at radius 1 is 1.27 bits per heavy atom. The van der Waals surface area contributed by atoms with Crippen LogP contribution in [-0.4, -0.2) is 33.8 Å². The van der Waals surface area contributed by atoms with Gasteiger partial charge in [0.25, 0.3) is 5.91 Å². The van der Waals surface area contributed by atoms with Crippen LogP contribution >= 0.6 is 0 Å². The Balaban J connectivity index is 1.59. The maximum Gasteiger partial charge on any atom is 0.269 e. The lowest BCUT2D eigenvalue weighted by molar-refractivity contribution is 0.0937. The number of ether oxygens (including phenoxy) is 1. The molecule has 6 heteroatoms. The number of rotatable bonds is 6. The Bertz CT molecular complexity index is 931. The minimum absolute atomic E-state index is 0.151. The van der Waals surface area contributed by atoms with Crippen molar-refractivity contribution in [3.8, 4) is 5.75 Å². The van der Waals surface area contributed by atoms with E-state index in [2.05, 4.69) is 29.2 Å². The Morgan fingerprint density at radius 3 is 2.81 bits per heavy atom. The zero-order valence-electron chi connectivity index (χ0n) is 15.6. The first-order chi connectivity index (χ1) is 12.5. The van der Waals surface area contributed by atoms with Crippen molar-refractivity contribution in [2.45, 2.75) is 26.7 Å². The van der Waals surface area contributed by atoms with Gasteiger partial charge in [-0.1, -0.05) is 32.0 Å². The van der Waals surface area contributed by atoms with E-state index in [9.17, 15) is 4.79 Å². The quantitative estimate of drug-likeness (QED) is 0.692. The summed E-state index contributed by atoms with van der Waals surface area (Å²) < 4.78 is 7.45. The smallest absolute Gasteiger partial charge is 0.269 e. The molecule has 0 bridgehead atoms. The van der Waals surface area contributed by atoms with Crippen molar-refractivity contribution >= 4 is 16.8 Å². The minimum Gasteiger partial charge on any atom is -0.489 e. The lowest BCUT2D eigenvalue weighted by Gasteiger charge is -2.10. The molecule has 0 saturated heterocycles. The summed E-state index contributed by atoms with van der Waals surface area (Å²) in [6.45, 7) is 6.84. The largest absolute Gasteiger partial charge is 0.489 e. The number of nitrogens with zero attached hydrogens (tertiary/aromatic N) is 3. The van der Waals surface area contributed by atoms with E-state index in [0.29, 0.717) is 18.8 Å². The van der Waals surface area contributed by atoms with Crippen molar-refractivity contribution in [2.24, 2.45) is 7.05 Å². The van der Waals surface area contributed by atoms with Gasteiger partial charge in [-0.3, -0.25) is 9.48 Å². The summed E-state index contributed by atoms with van der Waals surface area (Å²) in [6, 6.07) is 11.7. The zero-order valence-corrected chi connectivity index (χ0v) is 15.6. The monoisotopic (exact) mass is 352 g/mol. The van der Waals surface area contributed by atoms with Crippen LogP contribution in [0.25, 0.3) is 10.9 Å². The van der Waals surface area contributed by atoms with Gasteiger partial charge in [-0.2, -0.15) is 5.10 Å². The van der Waals surface area contributed by atoms with Crippen LogP contribution in [-0.2, 0) is 7.05 Å². The molecule has 2 heterocycles. The molecule has 0 atom stereocenters. The Labute approximate surface area is 153 Å². The number of fused-ring (bicyclic) bond motifs is 1. The van der Waals surface area contributed by atoms with E-state index in [1.165, 1.54) is 0 Å². The molecular weight excluding hydrogens is 328 g/mol. The van der Waals surface area contributed by atoms with Gasteiger partial charge in [-0.25, -0.2) is 4.98 Å². The number of pyridine rings is 1. The Hall–Kier alpha value is -2.89. The Kier molecular flexibility index (Phi) is 5.21. The lowest BCUT2D eigenvalue weighted by Crippen LogP contribution is -2.29. The standard InChI is InChI=1S/C20H24N4O2/c1-13(2)16-12-17(24(4)23-16)20(25)21-10-11-26-18-7-5-6-15-9-8-14(3)22-19(15)18/h5-9,12-13H,10-11H2,1-4H3,(H,21,25). The van der Waals surface area contributed by atoms with E-state index in [4.69, 9.17) is 4.74 Å². The number of aromatic nitrogens is 3. The predicted octanol–water partition coefficient (Wildman–Crippen LogP) is 3.21. The molecule has 1 N–H and O–H groups in total. The van der Waals surface area contributed by atoms with Crippen molar-refractivity contribution in [3.05, 3.63) is 53.5 Å². The van der Waals surface area contributed by atoms with Crippen molar-refractivity contribution in [1.29, 1.82) is 0 Å². The molecule has 0 saturated carbocycles. The lowest BCUT2D eigenvalue weighted by atomic mass is 10.1. The van der Waals surface area contributed by atoms with E-state index in [1.807, 2.05) is 43.3 Å². The maximum absolute atomic E-state index is 12.3. The van der Waals surface area contributed by atoms with Crippen LogP contribution in [0, 0.1) is 6.92 Å². The van der Waals surface area contributed by atoms with Gasteiger partial charge in [-0.15, -0.1) is 0 Å². The molecule has 6 nitrogen and oxygen atoms in total. The first kappa shape index (κ1) is 17.9. The van der Waals surface area contributed by atoms with Gasteiger partial charge in [0, 0.05) is 18.1 Å². The van der Waals surface area contributed by atoms with Crippen molar-refractivity contribution in [3.63, 3.8) is 0 Å². The third kappa shape index (κ3) is 3.85. The van der Waals surface area contributed by atoms with Crippen LogP contribution in [0.3, 0.4) is 0 Å². The van der Waals surface area contributed by atoms with Gasteiger partial charge in [0.15, 0.2) is 0 Å². The highest BCUT2D eigenvalue weighted by molar-refractivity contribution is 5.92. The molecule has 0 aliphatic heterocycles. The number of benzene rings is 1. The normalized spacial score (nSPS) is 11.1. The Morgan fingerprint density at radius 2 is 2.08 bits per heavy atom. The van der Waals surface area contributed by atoms with E-state index in [1.54, 1.807) is 11.7 Å². The van der Waals surface area contributed by atoms with Crippen LogP contribution in [0.4, 0.5) is 0 Å². The fraction of sp³-hybridized carbons (Fsp3) is 0.350. The van der Waals surface area contributed by atoms with Gasteiger partial charge in [-0.05, 0) is 31.0 Å². The number of amides is 1. The summed E-state index contributed by atoms with van der Waals surface area (Å²) in [6.07, 6.45) is 0. The summed E-state index contributed by atoms with van der Waals surface area (Å²) in [7, 11) is 1.78. The summed E-state index contributed by atoms with van der Waals surface area (Å²) in [5.41, 5.74) is 3.24. The number of aryl methyl sites for hydroxylation is 2. The van der Waals surface area contributed by atoms with Gasteiger partial charge >= 0.3 is 0 Å². The molecule has 0 radical (unpaired) electrons. The number of carbonyl (C=O) groups excluding carboxylic acids is 1. The summed E-state index contributed by atoms with van der Waals surface area (Å²) >= 11 is 0. The van der Waals surface area contributed by atoms with E-state index < -0.39 is 0 Å². The molecule has 26 heavy (non-hydrogen) atoms. The van der Waals surface area contributed by atoms with Gasteiger partial charge in [0.1, 0.15) is 23.6 Å². The number of para-hydroxylation sites is 1. The third-order valence-electron chi connectivity index (χ3n) is 4.19. The number of hydrogen-bond acceptors (Lipinski definition) is 4. The van der Waals surface area contributed by atoms with E-state index >= 15 is 0 Å². The number of nitrogens with one attached hydrogen (secondary N) is 1. The molecule has 3 rings (SSSR count). The zero-order chi connectivity index (χ0) is 18.7. The number of carbonyl (C=O) groups is 1.